The summed E-state index contributed by atoms with van der Waals surface area (Å²) in [7, 11) is 0. The summed E-state index contributed by atoms with van der Waals surface area (Å²) in [6.45, 7) is 0. The quantitative estimate of drug-likeness (QED) is 0.424. The third-order valence-electron chi connectivity index (χ3n) is 3.04. The van der Waals surface area contributed by atoms with Crippen molar-refractivity contribution in [2.24, 2.45) is 0 Å². The van der Waals surface area contributed by atoms with E-state index in [2.05, 4.69) is 20.2 Å². The smallest absolute Gasteiger partial charge is 0.225 e. The number of nitrogens with one attached hydrogen (secondary N) is 1. The van der Waals surface area contributed by atoms with E-state index in [1.165, 1.54) is 12.6 Å². The zero-order valence-corrected chi connectivity index (χ0v) is 11.4. The van der Waals surface area contributed by atoms with E-state index in [-0.39, 0.29) is 17.3 Å². The molecule has 7 nitrogen and oxygen atoms in total. The van der Waals surface area contributed by atoms with Crippen LogP contribution < -0.4 is 0 Å². The van der Waals surface area contributed by atoms with Crippen molar-refractivity contribution in [2.45, 2.75) is 6.42 Å². The molecule has 0 aliphatic heterocycles. The van der Waals surface area contributed by atoms with Crippen LogP contribution in [0.2, 0.25) is 0 Å². The van der Waals surface area contributed by atoms with Gasteiger partial charge in [0.15, 0.2) is 17.3 Å². The van der Waals surface area contributed by atoms with Gasteiger partial charge in [-0.2, -0.15) is 5.10 Å². The number of hydrogen-bond acceptors (Lipinski definition) is 6. The van der Waals surface area contributed by atoms with Gasteiger partial charge in [-0.15, -0.1) is 0 Å². The van der Waals surface area contributed by atoms with E-state index in [0.29, 0.717) is 6.42 Å². The number of rotatable bonds is 5. The molecule has 2 N–H and O–H groups in total. The molecule has 0 unspecified atom stereocenters. The van der Waals surface area contributed by atoms with Crippen LogP contribution in [0.3, 0.4) is 0 Å². The maximum absolute atomic E-state index is 12.2. The number of aliphatic hydroxyl groups is 1. The zero-order chi connectivity index (χ0) is 15.4. The van der Waals surface area contributed by atoms with Crippen LogP contribution in [0.4, 0.5) is 0 Å². The van der Waals surface area contributed by atoms with E-state index >= 15 is 0 Å². The number of nitrogens with zero attached hydrogens (tertiary/aromatic N) is 3. The van der Waals surface area contributed by atoms with Crippen molar-refractivity contribution in [2.75, 3.05) is 0 Å². The highest BCUT2D eigenvalue weighted by Gasteiger charge is 2.16. The van der Waals surface area contributed by atoms with Crippen LogP contribution in [0.25, 0.3) is 5.76 Å². The Bertz CT molecular complexity index is 791. The minimum atomic E-state index is -0.442. The number of H-pyrrole nitrogens is 1. The minimum Gasteiger partial charge on any atom is -0.504 e. The Morgan fingerprint density at radius 2 is 2.14 bits per heavy atom. The van der Waals surface area contributed by atoms with Crippen molar-refractivity contribution < 1.29 is 14.3 Å². The predicted octanol–water partition coefficient (Wildman–Crippen LogP) is 2.17. The minimum absolute atomic E-state index is 0.121. The Balaban J connectivity index is 1.82. The normalized spacial score (nSPS) is 11.5. The second kappa shape index (κ2) is 6.04. The lowest BCUT2D eigenvalue weighted by molar-refractivity contribution is 0.102. The Morgan fingerprint density at radius 1 is 1.32 bits per heavy atom. The summed E-state index contributed by atoms with van der Waals surface area (Å²) in [6, 6.07) is 5.46. The summed E-state index contributed by atoms with van der Waals surface area (Å²) in [6.07, 6.45) is 7.65. The first-order valence-electron chi connectivity index (χ1n) is 6.50. The third-order valence-corrected chi connectivity index (χ3v) is 3.04. The summed E-state index contributed by atoms with van der Waals surface area (Å²) in [5, 5.41) is 15.9. The summed E-state index contributed by atoms with van der Waals surface area (Å²) in [4.78, 5) is 19.9. The molecule has 3 rings (SSSR count). The predicted molar refractivity (Wildman–Crippen MR) is 77.1 cm³/mol. The first kappa shape index (κ1) is 13.7. The van der Waals surface area contributed by atoms with Gasteiger partial charge in [-0.25, -0.2) is 4.98 Å². The van der Waals surface area contributed by atoms with Gasteiger partial charge < -0.3 is 9.52 Å². The van der Waals surface area contributed by atoms with Gasteiger partial charge in [0.1, 0.15) is 6.33 Å². The number of carbonyl (C=O) groups is 1. The summed E-state index contributed by atoms with van der Waals surface area (Å²) < 4.78 is 5.25. The lowest BCUT2D eigenvalue weighted by Gasteiger charge is -2.00. The maximum Gasteiger partial charge on any atom is 0.225 e. The number of hydrogen-bond donors (Lipinski definition) is 2. The first-order chi connectivity index (χ1) is 10.7. The Hall–Kier alpha value is -3.22. The molecule has 110 valence electrons. The van der Waals surface area contributed by atoms with Crippen LogP contribution >= 0.6 is 0 Å². The molecule has 7 heteroatoms. The number of ketones is 1. The molecule has 0 bridgehead atoms. The highest BCUT2D eigenvalue weighted by atomic mass is 16.3. The average Bonchev–Trinajstić information content (AvgIpc) is 3.19. The molecule has 0 fully saturated rings. The van der Waals surface area contributed by atoms with Gasteiger partial charge in [0.05, 0.1) is 6.26 Å². The largest absolute Gasteiger partial charge is 0.504 e. The molecule has 0 radical (unpaired) electrons. The van der Waals surface area contributed by atoms with E-state index in [1.54, 1.807) is 18.5 Å². The number of furan rings is 1. The molecule has 0 aliphatic rings. The fraction of sp³-hybridized carbons (Fsp3) is 0.0667. The van der Waals surface area contributed by atoms with E-state index < -0.39 is 5.78 Å². The molecule has 3 aromatic heterocycles. The van der Waals surface area contributed by atoms with Crippen molar-refractivity contribution in [3.05, 3.63) is 72.0 Å². The summed E-state index contributed by atoms with van der Waals surface area (Å²) in [5.74, 6) is -0.435. The molecule has 22 heavy (non-hydrogen) atoms. The highest BCUT2D eigenvalue weighted by molar-refractivity contribution is 6.06. The van der Waals surface area contributed by atoms with Gasteiger partial charge in [-0.1, -0.05) is 0 Å². The van der Waals surface area contributed by atoms with Crippen molar-refractivity contribution in [1.29, 1.82) is 0 Å². The molecule has 0 spiro atoms. The summed E-state index contributed by atoms with van der Waals surface area (Å²) in [5.41, 5.74) is 1.74. The lowest BCUT2D eigenvalue weighted by atomic mass is 10.0. The number of carbonyl (C=O) groups excluding carboxylic acids is 1. The van der Waals surface area contributed by atoms with Gasteiger partial charge in [0, 0.05) is 30.5 Å². The third kappa shape index (κ3) is 2.93. The van der Waals surface area contributed by atoms with Crippen LogP contribution in [-0.2, 0) is 6.42 Å². The fourth-order valence-corrected chi connectivity index (χ4v) is 2.00. The molecule has 0 aromatic carbocycles. The van der Waals surface area contributed by atoms with E-state index in [1.807, 2.05) is 12.1 Å². The molecule has 3 aromatic rings. The SMILES string of the molecule is O=C(C=C(O)c1ncn[nH]1)c1occc1Cc1ccncc1. The average molecular weight is 296 g/mol. The van der Waals surface area contributed by atoms with Crippen LogP contribution in [-0.4, -0.2) is 31.1 Å². The second-order valence-corrected chi connectivity index (χ2v) is 4.54. The molecular weight excluding hydrogens is 284 g/mol. The van der Waals surface area contributed by atoms with E-state index in [4.69, 9.17) is 4.42 Å². The number of allylic oxidation sites excluding steroid dienone is 1. The molecular formula is C15H12N4O3. The van der Waals surface area contributed by atoms with Crippen molar-refractivity contribution in [3.8, 4) is 0 Å². The van der Waals surface area contributed by atoms with Gasteiger partial charge >= 0.3 is 0 Å². The highest BCUT2D eigenvalue weighted by Crippen LogP contribution is 2.17. The van der Waals surface area contributed by atoms with Gasteiger partial charge in [0.2, 0.25) is 5.78 Å². The van der Waals surface area contributed by atoms with Crippen LogP contribution in [0.5, 0.6) is 0 Å². The zero-order valence-electron chi connectivity index (χ0n) is 11.4. The Labute approximate surface area is 125 Å². The van der Waals surface area contributed by atoms with Gasteiger partial charge in [-0.05, 0) is 23.8 Å². The number of aromatic nitrogens is 4. The van der Waals surface area contributed by atoms with Gasteiger partial charge in [-0.3, -0.25) is 14.9 Å². The fourth-order valence-electron chi connectivity index (χ4n) is 2.00. The Kier molecular flexibility index (Phi) is 3.78. The lowest BCUT2D eigenvalue weighted by Crippen LogP contribution is -2.00. The molecule has 3 heterocycles. The first-order valence-corrected chi connectivity index (χ1v) is 6.50. The number of aromatic amines is 1. The second-order valence-electron chi connectivity index (χ2n) is 4.54. The molecule has 0 atom stereocenters. The standard InChI is InChI=1S/C15H12N4O3/c20-12(8-13(21)15-17-9-18-19-15)14-11(3-6-22-14)7-10-1-4-16-5-2-10/h1-6,8-9,21H,7H2,(H,17,18,19). The summed E-state index contributed by atoms with van der Waals surface area (Å²) >= 11 is 0. The van der Waals surface area contributed by atoms with Gasteiger partial charge in [0.25, 0.3) is 0 Å². The molecule has 0 amide bonds. The Morgan fingerprint density at radius 3 is 2.86 bits per heavy atom. The van der Waals surface area contributed by atoms with E-state index in [9.17, 15) is 9.90 Å². The van der Waals surface area contributed by atoms with Crippen molar-refractivity contribution in [1.82, 2.24) is 20.2 Å². The monoisotopic (exact) mass is 296 g/mol. The van der Waals surface area contributed by atoms with Crippen LogP contribution in [0.1, 0.15) is 27.5 Å². The number of aliphatic hydroxyl groups excluding tert-OH is 1. The maximum atomic E-state index is 12.2. The molecule has 0 saturated carbocycles. The van der Waals surface area contributed by atoms with Crippen molar-refractivity contribution in [3.63, 3.8) is 0 Å². The van der Waals surface area contributed by atoms with Crippen LogP contribution in [0, 0.1) is 0 Å². The molecule has 0 aliphatic carbocycles. The topological polar surface area (TPSA) is 105 Å². The van der Waals surface area contributed by atoms with Crippen molar-refractivity contribution >= 4 is 11.5 Å². The van der Waals surface area contributed by atoms with E-state index in [0.717, 1.165) is 17.2 Å². The number of pyridine rings is 1. The van der Waals surface area contributed by atoms with Crippen LogP contribution in [0.15, 0.2) is 53.7 Å². The molecule has 0 saturated heterocycles.